The number of rotatable bonds is 6. The summed E-state index contributed by atoms with van der Waals surface area (Å²) in [6.45, 7) is 1.09. The van der Waals surface area contributed by atoms with E-state index in [4.69, 9.17) is 26.4 Å². The fraction of sp³-hybridized carbons (Fsp3) is 0.120. The molecule has 0 saturated carbocycles. The zero-order valence-corrected chi connectivity index (χ0v) is 18.7. The number of ether oxygens (including phenoxy) is 3. The Morgan fingerprint density at radius 2 is 1.81 bits per heavy atom. The van der Waals surface area contributed by atoms with Gasteiger partial charge in [-0.25, -0.2) is 0 Å². The van der Waals surface area contributed by atoms with Crippen LogP contribution >= 0.6 is 24.0 Å². The Labute approximate surface area is 195 Å². The zero-order chi connectivity index (χ0) is 21.9. The third kappa shape index (κ3) is 4.49. The second kappa shape index (κ2) is 9.06. The van der Waals surface area contributed by atoms with Crippen LogP contribution in [0.3, 0.4) is 0 Å². The van der Waals surface area contributed by atoms with Crippen LogP contribution in [0.2, 0.25) is 0 Å². The third-order valence-electron chi connectivity index (χ3n) is 5.06. The summed E-state index contributed by atoms with van der Waals surface area (Å²) in [5.41, 5.74) is 2.92. The molecule has 0 spiro atoms. The Morgan fingerprint density at radius 3 is 2.69 bits per heavy atom. The van der Waals surface area contributed by atoms with Crippen molar-refractivity contribution in [1.82, 2.24) is 4.90 Å². The number of thioether (sulfide) groups is 1. The minimum atomic E-state index is -0.103. The number of nitrogens with zero attached hydrogens (tertiary/aromatic N) is 1. The van der Waals surface area contributed by atoms with Gasteiger partial charge in [-0.2, -0.15) is 0 Å². The number of amides is 1. The second-order valence-electron chi connectivity index (χ2n) is 7.30. The Hall–Kier alpha value is -3.29. The van der Waals surface area contributed by atoms with Crippen LogP contribution in [-0.2, 0) is 17.9 Å². The molecule has 5 nitrogen and oxygen atoms in total. The van der Waals surface area contributed by atoms with Gasteiger partial charge >= 0.3 is 0 Å². The lowest BCUT2D eigenvalue weighted by molar-refractivity contribution is -0.122. The van der Waals surface area contributed by atoms with Crippen LogP contribution in [-0.4, -0.2) is 21.9 Å². The number of carbonyl (C=O) groups excluding carboxylic acids is 1. The van der Waals surface area contributed by atoms with E-state index < -0.39 is 0 Å². The number of hydrogen-bond acceptors (Lipinski definition) is 6. The van der Waals surface area contributed by atoms with Gasteiger partial charge in [0.15, 0.2) is 11.5 Å². The first-order valence-corrected chi connectivity index (χ1v) is 11.3. The molecular weight excluding hydrogens is 442 g/mol. The van der Waals surface area contributed by atoms with Crippen molar-refractivity contribution in [2.75, 3.05) is 6.79 Å². The molecule has 1 saturated heterocycles. The lowest BCUT2D eigenvalue weighted by Gasteiger charge is -2.14. The molecule has 0 radical (unpaired) electrons. The maximum absolute atomic E-state index is 13.0. The van der Waals surface area contributed by atoms with Crippen molar-refractivity contribution in [1.29, 1.82) is 0 Å². The Balaban J connectivity index is 1.28. The molecule has 1 amide bonds. The molecule has 2 aliphatic rings. The van der Waals surface area contributed by atoms with Gasteiger partial charge in [0.05, 0.1) is 11.4 Å². The second-order valence-corrected chi connectivity index (χ2v) is 8.98. The Kier molecular flexibility index (Phi) is 5.83. The normalized spacial score (nSPS) is 16.1. The van der Waals surface area contributed by atoms with Gasteiger partial charge in [-0.15, -0.1) is 0 Å². The SMILES string of the molecule is O=C1/C(=C/c2cccc(OCc3ccccc3)c2)SC(=S)N1Cc1ccc2c(c1)OCO2. The quantitative estimate of drug-likeness (QED) is 0.362. The summed E-state index contributed by atoms with van der Waals surface area (Å²) in [6, 6.07) is 23.4. The van der Waals surface area contributed by atoms with Gasteiger partial charge in [0.25, 0.3) is 5.91 Å². The summed E-state index contributed by atoms with van der Waals surface area (Å²) < 4.78 is 17.2. The third-order valence-corrected chi connectivity index (χ3v) is 6.43. The molecule has 0 bridgehead atoms. The highest BCUT2D eigenvalue weighted by Crippen LogP contribution is 2.36. The molecule has 0 atom stereocenters. The van der Waals surface area contributed by atoms with Crippen LogP contribution in [0.1, 0.15) is 16.7 Å². The van der Waals surface area contributed by atoms with Gasteiger partial charge in [0.1, 0.15) is 16.7 Å². The largest absolute Gasteiger partial charge is 0.489 e. The lowest BCUT2D eigenvalue weighted by atomic mass is 10.1. The number of fused-ring (bicyclic) bond motifs is 1. The Bertz CT molecular complexity index is 1210. The molecule has 3 aromatic rings. The van der Waals surface area contributed by atoms with Crippen molar-refractivity contribution in [3.8, 4) is 17.2 Å². The van der Waals surface area contributed by atoms with Gasteiger partial charge in [-0.1, -0.05) is 72.5 Å². The van der Waals surface area contributed by atoms with Crippen molar-refractivity contribution in [3.05, 3.63) is 94.4 Å². The molecule has 160 valence electrons. The molecule has 2 heterocycles. The van der Waals surface area contributed by atoms with E-state index in [1.54, 1.807) is 4.90 Å². The summed E-state index contributed by atoms with van der Waals surface area (Å²) in [4.78, 5) is 15.2. The minimum Gasteiger partial charge on any atom is -0.489 e. The van der Waals surface area contributed by atoms with Crippen molar-refractivity contribution in [3.63, 3.8) is 0 Å². The fourth-order valence-electron chi connectivity index (χ4n) is 3.44. The maximum Gasteiger partial charge on any atom is 0.266 e. The maximum atomic E-state index is 13.0. The highest BCUT2D eigenvalue weighted by molar-refractivity contribution is 8.26. The van der Waals surface area contributed by atoms with E-state index in [1.165, 1.54) is 11.8 Å². The summed E-state index contributed by atoms with van der Waals surface area (Å²) in [7, 11) is 0. The molecule has 5 rings (SSSR count). The molecule has 0 unspecified atom stereocenters. The molecule has 0 aliphatic carbocycles. The van der Waals surface area contributed by atoms with E-state index in [0.29, 0.717) is 33.9 Å². The van der Waals surface area contributed by atoms with E-state index in [1.807, 2.05) is 78.9 Å². The molecule has 0 N–H and O–H groups in total. The monoisotopic (exact) mass is 461 g/mol. The van der Waals surface area contributed by atoms with Gasteiger partial charge in [0.2, 0.25) is 6.79 Å². The predicted octanol–water partition coefficient (Wildman–Crippen LogP) is 5.40. The zero-order valence-electron chi connectivity index (χ0n) is 17.0. The molecule has 1 fully saturated rings. The van der Waals surface area contributed by atoms with Crippen molar-refractivity contribution >= 4 is 40.3 Å². The summed E-state index contributed by atoms with van der Waals surface area (Å²) in [6.07, 6.45) is 1.86. The molecule has 3 aromatic carbocycles. The van der Waals surface area contributed by atoms with Crippen LogP contribution in [0.4, 0.5) is 0 Å². The van der Waals surface area contributed by atoms with Crippen LogP contribution in [0, 0.1) is 0 Å². The fourth-order valence-corrected chi connectivity index (χ4v) is 4.70. The Morgan fingerprint density at radius 1 is 0.969 bits per heavy atom. The number of hydrogen-bond donors (Lipinski definition) is 0. The topological polar surface area (TPSA) is 48.0 Å². The lowest BCUT2D eigenvalue weighted by Crippen LogP contribution is -2.27. The summed E-state index contributed by atoms with van der Waals surface area (Å²) in [5.74, 6) is 2.05. The summed E-state index contributed by atoms with van der Waals surface area (Å²) >= 11 is 6.79. The van der Waals surface area contributed by atoms with Crippen molar-refractivity contribution < 1.29 is 19.0 Å². The number of carbonyl (C=O) groups is 1. The average molecular weight is 462 g/mol. The van der Waals surface area contributed by atoms with Gasteiger partial charge < -0.3 is 14.2 Å². The van der Waals surface area contributed by atoms with E-state index in [9.17, 15) is 4.79 Å². The molecule has 0 aromatic heterocycles. The molecular formula is C25H19NO4S2. The average Bonchev–Trinajstić information content (AvgIpc) is 3.38. The predicted molar refractivity (Wildman–Crippen MR) is 128 cm³/mol. The highest BCUT2D eigenvalue weighted by Gasteiger charge is 2.32. The van der Waals surface area contributed by atoms with Crippen LogP contribution in [0.15, 0.2) is 77.7 Å². The smallest absolute Gasteiger partial charge is 0.266 e. The standard InChI is InChI=1S/C25H19NO4S2/c27-24-23(13-18-7-4-8-20(11-18)28-15-17-5-2-1-3-6-17)32-25(31)26(24)14-19-9-10-21-22(12-19)30-16-29-21/h1-13H,14-16H2/b23-13-. The van der Waals surface area contributed by atoms with Crippen LogP contribution in [0.5, 0.6) is 17.2 Å². The van der Waals surface area contributed by atoms with E-state index in [2.05, 4.69) is 0 Å². The number of benzene rings is 3. The molecule has 7 heteroatoms. The van der Waals surface area contributed by atoms with Crippen LogP contribution in [0.25, 0.3) is 6.08 Å². The number of thiocarbonyl (C=S) groups is 1. The van der Waals surface area contributed by atoms with Gasteiger partial charge in [-0.3, -0.25) is 9.69 Å². The van der Waals surface area contributed by atoms with Crippen molar-refractivity contribution in [2.45, 2.75) is 13.2 Å². The molecule has 32 heavy (non-hydrogen) atoms. The van der Waals surface area contributed by atoms with E-state index >= 15 is 0 Å². The molecule has 2 aliphatic heterocycles. The summed E-state index contributed by atoms with van der Waals surface area (Å²) in [5, 5.41) is 0. The van der Waals surface area contributed by atoms with Gasteiger partial charge in [0, 0.05) is 0 Å². The first kappa shape index (κ1) is 20.6. The highest BCUT2D eigenvalue weighted by atomic mass is 32.2. The van der Waals surface area contributed by atoms with E-state index in [0.717, 1.165) is 22.4 Å². The minimum absolute atomic E-state index is 0.103. The first-order chi connectivity index (χ1) is 15.7. The van der Waals surface area contributed by atoms with E-state index in [-0.39, 0.29) is 12.7 Å². The van der Waals surface area contributed by atoms with Gasteiger partial charge in [-0.05, 0) is 47.0 Å². The van der Waals surface area contributed by atoms with Crippen molar-refractivity contribution in [2.24, 2.45) is 0 Å². The first-order valence-electron chi connectivity index (χ1n) is 10.1. The van der Waals surface area contributed by atoms with Crippen LogP contribution < -0.4 is 14.2 Å².